The van der Waals surface area contributed by atoms with E-state index in [4.69, 9.17) is 10.3 Å². The smallest absolute Gasteiger partial charge is 0.226 e. The lowest BCUT2D eigenvalue weighted by atomic mass is 9.97. The highest BCUT2D eigenvalue weighted by atomic mass is 16.5. The van der Waals surface area contributed by atoms with Crippen LogP contribution in [-0.4, -0.2) is 33.7 Å². The van der Waals surface area contributed by atoms with Crippen molar-refractivity contribution in [2.75, 3.05) is 6.54 Å². The number of aromatic nitrogens is 2. The van der Waals surface area contributed by atoms with Crippen molar-refractivity contribution in [2.24, 2.45) is 11.7 Å². The van der Waals surface area contributed by atoms with Crippen LogP contribution in [-0.2, 0) is 13.0 Å². The Morgan fingerprint density at radius 3 is 2.84 bits per heavy atom. The van der Waals surface area contributed by atoms with Gasteiger partial charge in [0.1, 0.15) is 0 Å². The molecular formula is C14H26N4O. The molecule has 19 heavy (non-hydrogen) atoms. The molecule has 5 heteroatoms. The molecule has 108 valence electrons. The second-order valence-corrected chi connectivity index (χ2v) is 6.10. The van der Waals surface area contributed by atoms with Crippen LogP contribution in [0.1, 0.15) is 51.7 Å². The van der Waals surface area contributed by atoms with Gasteiger partial charge in [0.2, 0.25) is 5.89 Å². The molecule has 2 N–H and O–H groups in total. The third kappa shape index (κ3) is 4.01. The predicted octanol–water partition coefficient (Wildman–Crippen LogP) is 1.97. The van der Waals surface area contributed by atoms with Crippen molar-refractivity contribution >= 4 is 0 Å². The summed E-state index contributed by atoms with van der Waals surface area (Å²) in [6.45, 7) is 8.23. The lowest BCUT2D eigenvalue weighted by Crippen LogP contribution is -2.48. The number of piperidine rings is 1. The van der Waals surface area contributed by atoms with E-state index < -0.39 is 0 Å². The minimum absolute atomic E-state index is 0.197. The molecule has 1 aliphatic heterocycles. The van der Waals surface area contributed by atoms with Gasteiger partial charge in [0, 0.05) is 18.5 Å². The van der Waals surface area contributed by atoms with Gasteiger partial charge in [0.05, 0.1) is 6.54 Å². The second kappa shape index (κ2) is 6.48. The number of likely N-dealkylation sites (tertiary alicyclic amines) is 1. The molecule has 0 aliphatic carbocycles. The quantitative estimate of drug-likeness (QED) is 0.882. The first kappa shape index (κ1) is 14.5. The van der Waals surface area contributed by atoms with E-state index in [1.165, 1.54) is 19.3 Å². The van der Waals surface area contributed by atoms with Gasteiger partial charge in [-0.05, 0) is 32.2 Å². The van der Waals surface area contributed by atoms with Crippen molar-refractivity contribution in [2.45, 2.75) is 65.1 Å². The van der Waals surface area contributed by atoms with E-state index in [1.54, 1.807) is 0 Å². The minimum atomic E-state index is 0.197. The standard InChI is InChI=1S/C14H26N4O/c1-10(2)8-14-16-13(17-19-14)9-18-7-5-4-6-12(18)11(3)15/h10-12H,4-9,15H2,1-3H3. The molecule has 1 aromatic rings. The highest BCUT2D eigenvalue weighted by molar-refractivity contribution is 4.91. The maximum atomic E-state index is 6.08. The summed E-state index contributed by atoms with van der Waals surface area (Å²) in [6, 6.07) is 0.642. The first-order valence-corrected chi connectivity index (χ1v) is 7.37. The first-order chi connectivity index (χ1) is 9.06. The summed E-state index contributed by atoms with van der Waals surface area (Å²) >= 11 is 0. The monoisotopic (exact) mass is 266 g/mol. The van der Waals surface area contributed by atoms with Crippen LogP contribution in [0.5, 0.6) is 0 Å². The summed E-state index contributed by atoms with van der Waals surface area (Å²) < 4.78 is 5.29. The van der Waals surface area contributed by atoms with Gasteiger partial charge >= 0.3 is 0 Å². The summed E-state index contributed by atoms with van der Waals surface area (Å²) in [6.07, 6.45) is 4.53. The first-order valence-electron chi connectivity index (χ1n) is 7.37. The summed E-state index contributed by atoms with van der Waals surface area (Å²) in [5, 5.41) is 4.09. The second-order valence-electron chi connectivity index (χ2n) is 6.10. The van der Waals surface area contributed by atoms with Crippen molar-refractivity contribution in [3.8, 4) is 0 Å². The fourth-order valence-corrected chi connectivity index (χ4v) is 2.78. The minimum Gasteiger partial charge on any atom is -0.339 e. The largest absolute Gasteiger partial charge is 0.339 e. The Bertz CT molecular complexity index is 389. The molecule has 1 fully saturated rings. The molecule has 0 saturated carbocycles. The lowest BCUT2D eigenvalue weighted by molar-refractivity contribution is 0.118. The summed E-state index contributed by atoms with van der Waals surface area (Å²) in [4.78, 5) is 6.88. The van der Waals surface area contributed by atoms with Crippen LogP contribution >= 0.6 is 0 Å². The van der Waals surface area contributed by atoms with Crippen molar-refractivity contribution in [1.29, 1.82) is 0 Å². The van der Waals surface area contributed by atoms with E-state index in [1.807, 2.05) is 0 Å². The van der Waals surface area contributed by atoms with E-state index >= 15 is 0 Å². The van der Waals surface area contributed by atoms with Crippen molar-refractivity contribution in [3.63, 3.8) is 0 Å². The zero-order valence-corrected chi connectivity index (χ0v) is 12.3. The Morgan fingerprint density at radius 1 is 1.37 bits per heavy atom. The third-order valence-corrected chi connectivity index (χ3v) is 3.71. The van der Waals surface area contributed by atoms with Crippen LogP contribution in [0, 0.1) is 5.92 Å². The van der Waals surface area contributed by atoms with E-state index in [9.17, 15) is 0 Å². The number of nitrogens with zero attached hydrogens (tertiary/aromatic N) is 3. The topological polar surface area (TPSA) is 68.2 Å². The zero-order chi connectivity index (χ0) is 13.8. The molecule has 5 nitrogen and oxygen atoms in total. The van der Waals surface area contributed by atoms with Crippen molar-refractivity contribution in [3.05, 3.63) is 11.7 Å². The average molecular weight is 266 g/mol. The molecule has 0 bridgehead atoms. The number of nitrogens with two attached hydrogens (primary N) is 1. The summed E-state index contributed by atoms with van der Waals surface area (Å²) in [5.74, 6) is 2.09. The lowest BCUT2D eigenvalue weighted by Gasteiger charge is -2.37. The van der Waals surface area contributed by atoms with Crippen molar-refractivity contribution in [1.82, 2.24) is 15.0 Å². The number of hydrogen-bond donors (Lipinski definition) is 1. The van der Waals surface area contributed by atoms with Crippen LogP contribution in [0.4, 0.5) is 0 Å². The Morgan fingerprint density at radius 2 is 2.16 bits per heavy atom. The van der Waals surface area contributed by atoms with E-state index in [-0.39, 0.29) is 6.04 Å². The molecule has 0 spiro atoms. The molecule has 1 aliphatic rings. The average Bonchev–Trinajstić information content (AvgIpc) is 2.76. The molecule has 1 saturated heterocycles. The zero-order valence-electron chi connectivity index (χ0n) is 12.3. The summed E-state index contributed by atoms with van der Waals surface area (Å²) in [7, 11) is 0. The fourth-order valence-electron chi connectivity index (χ4n) is 2.78. The highest BCUT2D eigenvalue weighted by Gasteiger charge is 2.26. The maximum Gasteiger partial charge on any atom is 0.226 e. The maximum absolute atomic E-state index is 6.08. The molecule has 2 atom stereocenters. The summed E-state index contributed by atoms with van der Waals surface area (Å²) in [5.41, 5.74) is 6.08. The number of hydrogen-bond acceptors (Lipinski definition) is 5. The number of rotatable bonds is 5. The predicted molar refractivity (Wildman–Crippen MR) is 74.5 cm³/mol. The molecule has 2 rings (SSSR count). The van der Waals surface area contributed by atoms with Gasteiger partial charge in [-0.25, -0.2) is 0 Å². The Balaban J connectivity index is 1.96. The van der Waals surface area contributed by atoms with Gasteiger partial charge in [0.25, 0.3) is 0 Å². The van der Waals surface area contributed by atoms with Crippen molar-refractivity contribution < 1.29 is 4.52 Å². The Labute approximate surface area is 115 Å². The molecular weight excluding hydrogens is 240 g/mol. The normalized spacial score (nSPS) is 22.9. The molecule has 0 amide bonds. The Kier molecular flexibility index (Phi) is 4.93. The molecule has 0 aromatic carbocycles. The fraction of sp³-hybridized carbons (Fsp3) is 0.857. The van der Waals surface area contributed by atoms with Crippen LogP contribution in [0.15, 0.2) is 4.52 Å². The molecule has 0 radical (unpaired) electrons. The van der Waals surface area contributed by atoms with Crippen LogP contribution < -0.4 is 5.73 Å². The molecule has 1 aromatic heterocycles. The molecule has 2 heterocycles. The third-order valence-electron chi connectivity index (χ3n) is 3.71. The highest BCUT2D eigenvalue weighted by Crippen LogP contribution is 2.20. The van der Waals surface area contributed by atoms with E-state index in [2.05, 4.69) is 35.8 Å². The SMILES string of the molecule is CC(C)Cc1nc(CN2CCCCC2C(C)N)no1. The van der Waals surface area contributed by atoms with E-state index in [0.29, 0.717) is 12.0 Å². The van der Waals surface area contributed by atoms with Gasteiger partial charge in [-0.2, -0.15) is 4.98 Å². The van der Waals surface area contributed by atoms with Gasteiger partial charge in [-0.1, -0.05) is 25.4 Å². The van der Waals surface area contributed by atoms with Gasteiger partial charge in [0.15, 0.2) is 5.82 Å². The Hall–Kier alpha value is -0.940. The van der Waals surface area contributed by atoms with Crippen LogP contribution in [0.2, 0.25) is 0 Å². The van der Waals surface area contributed by atoms with Gasteiger partial charge < -0.3 is 10.3 Å². The van der Waals surface area contributed by atoms with Crippen LogP contribution in [0.3, 0.4) is 0 Å². The van der Waals surface area contributed by atoms with Gasteiger partial charge in [-0.15, -0.1) is 0 Å². The van der Waals surface area contributed by atoms with Gasteiger partial charge in [-0.3, -0.25) is 4.90 Å². The van der Waals surface area contributed by atoms with Crippen LogP contribution in [0.25, 0.3) is 0 Å². The molecule has 2 unspecified atom stereocenters. The van der Waals surface area contributed by atoms with E-state index in [0.717, 1.165) is 31.2 Å².